The third-order valence-corrected chi connectivity index (χ3v) is 7.01. The normalized spacial score (nSPS) is 21.1. The van der Waals surface area contributed by atoms with Gasteiger partial charge in [-0.15, -0.1) is 0 Å². The molecule has 20 heavy (non-hydrogen) atoms. The van der Waals surface area contributed by atoms with Gasteiger partial charge in [0, 0.05) is 29.8 Å². The lowest BCUT2D eigenvalue weighted by Gasteiger charge is -2.31. The fraction of sp³-hybridized carbons (Fsp3) is 0.500. The van der Waals surface area contributed by atoms with Crippen LogP contribution < -0.4 is 5.73 Å². The minimum absolute atomic E-state index is 0.0644. The first kappa shape index (κ1) is 16.1. The van der Waals surface area contributed by atoms with Crippen LogP contribution in [-0.2, 0) is 10.0 Å². The van der Waals surface area contributed by atoms with E-state index < -0.39 is 15.8 Å². The van der Waals surface area contributed by atoms with Crippen LogP contribution in [0.15, 0.2) is 21.5 Å². The van der Waals surface area contributed by atoms with Crippen LogP contribution in [0.3, 0.4) is 0 Å². The number of thioether (sulfide) groups is 1. The minimum atomic E-state index is -3.85. The van der Waals surface area contributed by atoms with E-state index in [0.29, 0.717) is 13.1 Å². The van der Waals surface area contributed by atoms with Gasteiger partial charge in [-0.2, -0.15) is 16.1 Å². The van der Waals surface area contributed by atoms with E-state index in [4.69, 9.17) is 5.73 Å². The second-order valence-corrected chi connectivity index (χ2v) is 8.75. The van der Waals surface area contributed by atoms with Crippen LogP contribution >= 0.6 is 27.7 Å². The largest absolute Gasteiger partial charge is 0.399 e. The molecule has 2 rings (SSSR count). The lowest BCUT2D eigenvalue weighted by Crippen LogP contribution is -2.42. The summed E-state index contributed by atoms with van der Waals surface area (Å²) in [7, 11) is -3.85. The van der Waals surface area contributed by atoms with Gasteiger partial charge in [-0.05, 0) is 34.5 Å². The van der Waals surface area contributed by atoms with Crippen LogP contribution in [0.5, 0.6) is 0 Å². The van der Waals surface area contributed by atoms with Crippen molar-refractivity contribution >= 4 is 43.4 Å². The molecular weight excluding hydrogens is 367 g/mol. The standard InChI is InChI=1S/C12H16BrFN2O2S2/c1-2-9-7-16(3-4-19-9)20(17,18)11-6-8(15)5-10(13)12(11)14/h5-6,9H,2-4,7,15H2,1H3. The van der Waals surface area contributed by atoms with Crippen molar-refractivity contribution < 1.29 is 12.8 Å². The van der Waals surface area contributed by atoms with Gasteiger partial charge in [-0.25, -0.2) is 12.8 Å². The van der Waals surface area contributed by atoms with Crippen molar-refractivity contribution in [2.24, 2.45) is 0 Å². The summed E-state index contributed by atoms with van der Waals surface area (Å²) < 4.78 is 40.7. The molecule has 1 saturated heterocycles. The first-order valence-corrected chi connectivity index (χ1v) is 9.50. The molecule has 0 amide bonds. The maximum Gasteiger partial charge on any atom is 0.246 e. The van der Waals surface area contributed by atoms with Crippen LogP contribution in [0, 0.1) is 5.82 Å². The van der Waals surface area contributed by atoms with E-state index in [9.17, 15) is 12.8 Å². The second kappa shape index (κ2) is 6.21. The molecule has 1 aliphatic heterocycles. The molecule has 1 aliphatic rings. The van der Waals surface area contributed by atoms with Gasteiger partial charge < -0.3 is 5.73 Å². The maximum atomic E-state index is 14.1. The number of halogens is 2. The predicted octanol–water partition coefficient (Wildman–Crippen LogP) is 2.69. The van der Waals surface area contributed by atoms with Crippen molar-refractivity contribution in [2.75, 3.05) is 24.6 Å². The van der Waals surface area contributed by atoms with Gasteiger partial charge in [0.25, 0.3) is 0 Å². The molecule has 1 fully saturated rings. The summed E-state index contributed by atoms with van der Waals surface area (Å²) in [5.41, 5.74) is 5.84. The van der Waals surface area contributed by atoms with Gasteiger partial charge in [0.2, 0.25) is 10.0 Å². The minimum Gasteiger partial charge on any atom is -0.399 e. The van der Waals surface area contributed by atoms with Crippen LogP contribution in [-0.4, -0.2) is 36.8 Å². The second-order valence-electron chi connectivity index (χ2n) is 4.58. The van der Waals surface area contributed by atoms with Crippen LogP contribution in [0.4, 0.5) is 10.1 Å². The number of nitrogen functional groups attached to an aromatic ring is 1. The third kappa shape index (κ3) is 3.13. The average Bonchev–Trinajstić information content (AvgIpc) is 2.42. The number of sulfonamides is 1. The van der Waals surface area contributed by atoms with Crippen molar-refractivity contribution in [2.45, 2.75) is 23.5 Å². The van der Waals surface area contributed by atoms with E-state index in [1.165, 1.54) is 16.4 Å². The van der Waals surface area contributed by atoms with Crippen molar-refractivity contribution in [1.29, 1.82) is 0 Å². The highest BCUT2D eigenvalue weighted by Gasteiger charge is 2.32. The van der Waals surface area contributed by atoms with E-state index in [0.717, 1.165) is 12.2 Å². The smallest absolute Gasteiger partial charge is 0.246 e. The summed E-state index contributed by atoms with van der Waals surface area (Å²) in [4.78, 5) is -0.355. The van der Waals surface area contributed by atoms with Gasteiger partial charge in [0.05, 0.1) is 4.47 Å². The highest BCUT2D eigenvalue weighted by Crippen LogP contribution is 2.31. The molecule has 8 heteroatoms. The van der Waals surface area contributed by atoms with Gasteiger partial charge in [0.1, 0.15) is 4.90 Å². The fourth-order valence-corrected chi connectivity index (χ4v) is 5.67. The Morgan fingerprint density at radius 2 is 2.25 bits per heavy atom. The number of hydrogen-bond acceptors (Lipinski definition) is 4. The Kier molecular flexibility index (Phi) is 4.99. The fourth-order valence-electron chi connectivity index (χ4n) is 2.07. The summed E-state index contributed by atoms with van der Waals surface area (Å²) in [6.07, 6.45) is 0.889. The number of benzene rings is 1. The predicted molar refractivity (Wildman–Crippen MR) is 83.8 cm³/mol. The zero-order chi connectivity index (χ0) is 14.9. The van der Waals surface area contributed by atoms with Crippen molar-refractivity contribution in [3.8, 4) is 0 Å². The Morgan fingerprint density at radius 1 is 1.55 bits per heavy atom. The van der Waals surface area contributed by atoms with Crippen LogP contribution in [0.1, 0.15) is 13.3 Å². The number of hydrogen-bond donors (Lipinski definition) is 1. The number of nitrogens with two attached hydrogens (primary N) is 1. The molecule has 0 spiro atoms. The lowest BCUT2D eigenvalue weighted by molar-refractivity contribution is 0.412. The Balaban J connectivity index is 2.40. The lowest BCUT2D eigenvalue weighted by atomic mass is 10.3. The Bertz CT molecular complexity index is 610. The maximum absolute atomic E-state index is 14.1. The van der Waals surface area contributed by atoms with Crippen molar-refractivity contribution in [3.05, 3.63) is 22.4 Å². The SMILES string of the molecule is CCC1CN(S(=O)(=O)c2cc(N)cc(Br)c2F)CCS1. The average molecular weight is 383 g/mol. The summed E-state index contributed by atoms with van der Waals surface area (Å²) in [5, 5.41) is 0.256. The van der Waals surface area contributed by atoms with Crippen molar-refractivity contribution in [1.82, 2.24) is 4.31 Å². The van der Waals surface area contributed by atoms with Crippen LogP contribution in [0.25, 0.3) is 0 Å². The summed E-state index contributed by atoms with van der Waals surface area (Å²) >= 11 is 4.75. The number of nitrogens with zero attached hydrogens (tertiary/aromatic N) is 1. The molecule has 0 bridgehead atoms. The quantitative estimate of drug-likeness (QED) is 0.816. The van der Waals surface area contributed by atoms with Crippen LogP contribution in [0.2, 0.25) is 0 Å². The third-order valence-electron chi connectivity index (χ3n) is 3.19. The monoisotopic (exact) mass is 382 g/mol. The molecule has 0 aromatic heterocycles. The molecule has 1 atom stereocenters. The van der Waals surface area contributed by atoms with E-state index in [1.807, 2.05) is 6.92 Å². The Hall–Kier alpha value is -0.310. The molecule has 0 aliphatic carbocycles. The molecule has 1 aromatic rings. The van der Waals surface area contributed by atoms with Gasteiger partial charge in [-0.1, -0.05) is 6.92 Å². The van der Waals surface area contributed by atoms with E-state index in [1.54, 1.807) is 11.8 Å². The van der Waals surface area contributed by atoms with Gasteiger partial charge >= 0.3 is 0 Å². The van der Waals surface area contributed by atoms with E-state index in [2.05, 4.69) is 15.9 Å². The molecule has 112 valence electrons. The molecule has 1 unspecified atom stereocenters. The molecule has 0 radical (unpaired) electrons. The first-order valence-electron chi connectivity index (χ1n) is 6.22. The molecule has 1 heterocycles. The molecule has 0 saturated carbocycles. The number of rotatable bonds is 3. The molecule has 4 nitrogen and oxygen atoms in total. The number of anilines is 1. The zero-order valence-corrected chi connectivity index (χ0v) is 14.2. The van der Waals surface area contributed by atoms with Gasteiger partial charge in [-0.3, -0.25) is 0 Å². The molecular formula is C12H16BrFN2O2S2. The van der Waals surface area contributed by atoms with E-state index >= 15 is 0 Å². The van der Waals surface area contributed by atoms with E-state index in [-0.39, 0.29) is 20.3 Å². The topological polar surface area (TPSA) is 63.4 Å². The molecule has 1 aromatic carbocycles. The van der Waals surface area contributed by atoms with Crippen molar-refractivity contribution in [3.63, 3.8) is 0 Å². The summed E-state index contributed by atoms with van der Waals surface area (Å²) in [6.45, 7) is 2.83. The molecule has 2 N–H and O–H groups in total. The summed E-state index contributed by atoms with van der Waals surface area (Å²) in [6, 6.07) is 2.54. The first-order chi connectivity index (χ1) is 9.36. The zero-order valence-electron chi connectivity index (χ0n) is 11.0. The van der Waals surface area contributed by atoms with Gasteiger partial charge in [0.15, 0.2) is 5.82 Å². The Labute approximate surface area is 131 Å². The summed E-state index contributed by atoms with van der Waals surface area (Å²) in [5.74, 6) is -0.0616. The highest BCUT2D eigenvalue weighted by molar-refractivity contribution is 9.10. The Morgan fingerprint density at radius 3 is 2.90 bits per heavy atom. The highest BCUT2D eigenvalue weighted by atomic mass is 79.9.